The van der Waals surface area contributed by atoms with Crippen LogP contribution in [0, 0.1) is 6.92 Å². The van der Waals surface area contributed by atoms with E-state index in [0.717, 1.165) is 6.54 Å². The predicted molar refractivity (Wildman–Crippen MR) is 75.6 cm³/mol. The minimum Gasteiger partial charge on any atom is -0.303 e. The topological polar surface area (TPSA) is 19.4 Å². The summed E-state index contributed by atoms with van der Waals surface area (Å²) < 4.78 is 0. The maximum Gasteiger partial charge on any atom is 0.0315 e. The molecule has 0 aromatic carbocycles. The molecule has 1 aliphatic rings. The maximum atomic E-state index is 4.21. The largest absolute Gasteiger partial charge is 0.303 e. The summed E-state index contributed by atoms with van der Waals surface area (Å²) in [7, 11) is 2.20. The van der Waals surface area contributed by atoms with Crippen LogP contribution in [0.5, 0.6) is 0 Å². The van der Waals surface area contributed by atoms with Crippen LogP contribution in [0.4, 0.5) is 0 Å². The highest BCUT2D eigenvalue weighted by atomic mass is 15.1. The first kappa shape index (κ1) is 13.5. The van der Waals surface area contributed by atoms with Crippen LogP contribution in [-0.2, 0) is 6.54 Å². The molecular weight excluding hydrogens is 222 g/mol. The number of likely N-dealkylation sites (tertiary alicyclic amines) is 1. The van der Waals surface area contributed by atoms with Crippen LogP contribution < -0.4 is 0 Å². The Morgan fingerprint density at radius 1 is 1.33 bits per heavy atom. The molecule has 3 heteroatoms. The second kappa shape index (κ2) is 6.86. The molecule has 1 aliphatic heterocycles. The normalized spacial score (nSPS) is 16.6. The Hall–Kier alpha value is -0.930. The Kier molecular flexibility index (Phi) is 5.14. The highest BCUT2D eigenvalue weighted by Gasteiger charge is 2.11. The Morgan fingerprint density at radius 2 is 2.11 bits per heavy atom. The van der Waals surface area contributed by atoms with Crippen molar-refractivity contribution in [2.45, 2.75) is 32.7 Å². The van der Waals surface area contributed by atoms with Gasteiger partial charge >= 0.3 is 0 Å². The minimum absolute atomic E-state index is 1.01. The van der Waals surface area contributed by atoms with Gasteiger partial charge in [0.15, 0.2) is 0 Å². The zero-order valence-corrected chi connectivity index (χ0v) is 11.7. The van der Waals surface area contributed by atoms with Crippen molar-refractivity contribution in [2.75, 3.05) is 33.2 Å². The van der Waals surface area contributed by atoms with E-state index in [9.17, 15) is 0 Å². The average Bonchev–Trinajstić information content (AvgIpc) is 2.85. The molecule has 0 radical (unpaired) electrons. The van der Waals surface area contributed by atoms with Gasteiger partial charge in [-0.05, 0) is 76.6 Å². The van der Waals surface area contributed by atoms with Gasteiger partial charge in [-0.25, -0.2) is 0 Å². The summed E-state index contributed by atoms with van der Waals surface area (Å²) in [5.74, 6) is 0. The number of hydrogen-bond acceptors (Lipinski definition) is 3. The van der Waals surface area contributed by atoms with E-state index in [1.54, 1.807) is 0 Å². The summed E-state index contributed by atoms with van der Waals surface area (Å²) in [5.41, 5.74) is 2.69. The van der Waals surface area contributed by atoms with Gasteiger partial charge in [-0.15, -0.1) is 0 Å². The molecule has 0 saturated carbocycles. The summed E-state index contributed by atoms with van der Waals surface area (Å²) in [6.07, 6.45) is 7.92. The van der Waals surface area contributed by atoms with Crippen LogP contribution in [0.2, 0.25) is 0 Å². The summed E-state index contributed by atoms with van der Waals surface area (Å²) in [5, 5.41) is 0. The highest BCUT2D eigenvalue weighted by molar-refractivity contribution is 5.20. The summed E-state index contributed by atoms with van der Waals surface area (Å²) >= 11 is 0. The van der Waals surface area contributed by atoms with Crippen LogP contribution in [0.15, 0.2) is 18.5 Å². The van der Waals surface area contributed by atoms with Crippen molar-refractivity contribution in [1.82, 2.24) is 14.8 Å². The first-order chi connectivity index (χ1) is 8.75. The van der Waals surface area contributed by atoms with Gasteiger partial charge in [-0.3, -0.25) is 4.98 Å². The van der Waals surface area contributed by atoms with Gasteiger partial charge in [0.1, 0.15) is 0 Å². The van der Waals surface area contributed by atoms with Crippen molar-refractivity contribution >= 4 is 0 Å². The molecule has 2 rings (SSSR count). The molecule has 0 aliphatic carbocycles. The fourth-order valence-electron chi connectivity index (χ4n) is 2.60. The Morgan fingerprint density at radius 3 is 2.83 bits per heavy atom. The van der Waals surface area contributed by atoms with Gasteiger partial charge in [0.2, 0.25) is 0 Å². The van der Waals surface area contributed by atoms with Crippen LogP contribution in [0.3, 0.4) is 0 Å². The van der Waals surface area contributed by atoms with Gasteiger partial charge in [0.25, 0.3) is 0 Å². The van der Waals surface area contributed by atoms with Gasteiger partial charge in [-0.1, -0.05) is 0 Å². The summed E-state index contributed by atoms with van der Waals surface area (Å²) in [6, 6.07) is 2.09. The quantitative estimate of drug-likeness (QED) is 0.769. The number of rotatable bonds is 6. The zero-order valence-electron chi connectivity index (χ0n) is 11.7. The summed E-state index contributed by atoms with van der Waals surface area (Å²) in [6.45, 7) is 8.23. The SMILES string of the molecule is Cc1ccncc1CN(C)CCCN1CCCC1. The number of hydrogen-bond donors (Lipinski definition) is 0. The predicted octanol–water partition coefficient (Wildman–Crippen LogP) is 2.31. The van der Waals surface area contributed by atoms with Crippen molar-refractivity contribution in [2.24, 2.45) is 0 Å². The fourth-order valence-corrected chi connectivity index (χ4v) is 2.60. The van der Waals surface area contributed by atoms with E-state index < -0.39 is 0 Å². The molecule has 0 spiro atoms. The van der Waals surface area contributed by atoms with E-state index in [2.05, 4.69) is 34.8 Å². The van der Waals surface area contributed by atoms with E-state index in [4.69, 9.17) is 0 Å². The van der Waals surface area contributed by atoms with Crippen molar-refractivity contribution in [3.05, 3.63) is 29.6 Å². The number of nitrogens with zero attached hydrogens (tertiary/aromatic N) is 3. The second-order valence-corrected chi connectivity index (χ2v) is 5.44. The monoisotopic (exact) mass is 247 g/mol. The molecule has 0 unspecified atom stereocenters. The van der Waals surface area contributed by atoms with E-state index in [-0.39, 0.29) is 0 Å². The lowest BCUT2D eigenvalue weighted by atomic mass is 10.1. The third kappa shape index (κ3) is 4.07. The van der Waals surface area contributed by atoms with Gasteiger partial charge < -0.3 is 9.80 Å². The van der Waals surface area contributed by atoms with E-state index in [0.29, 0.717) is 0 Å². The smallest absolute Gasteiger partial charge is 0.0315 e. The molecule has 3 nitrogen and oxygen atoms in total. The number of pyridine rings is 1. The first-order valence-corrected chi connectivity index (χ1v) is 7.06. The van der Waals surface area contributed by atoms with Gasteiger partial charge in [-0.2, -0.15) is 0 Å². The molecule has 0 amide bonds. The standard InChI is InChI=1S/C15H25N3/c1-14-6-7-16-12-15(14)13-17(2)8-5-11-18-9-3-4-10-18/h6-7,12H,3-5,8-11,13H2,1-2H3. The van der Waals surface area contributed by atoms with Gasteiger partial charge in [0.05, 0.1) is 0 Å². The third-order valence-electron chi connectivity index (χ3n) is 3.80. The van der Waals surface area contributed by atoms with Crippen LogP contribution >= 0.6 is 0 Å². The molecule has 1 aromatic rings. The van der Waals surface area contributed by atoms with E-state index in [1.807, 2.05) is 12.4 Å². The van der Waals surface area contributed by atoms with E-state index in [1.165, 1.54) is 56.6 Å². The molecule has 0 atom stereocenters. The van der Waals surface area contributed by atoms with Crippen molar-refractivity contribution in [3.63, 3.8) is 0 Å². The lowest BCUT2D eigenvalue weighted by Crippen LogP contribution is -2.26. The molecular formula is C15H25N3. The molecule has 1 fully saturated rings. The van der Waals surface area contributed by atoms with Crippen molar-refractivity contribution in [1.29, 1.82) is 0 Å². The van der Waals surface area contributed by atoms with E-state index >= 15 is 0 Å². The molecule has 1 aromatic heterocycles. The average molecular weight is 247 g/mol. The molecule has 18 heavy (non-hydrogen) atoms. The molecule has 2 heterocycles. The maximum absolute atomic E-state index is 4.21. The molecule has 0 bridgehead atoms. The Balaban J connectivity index is 1.68. The summed E-state index contributed by atoms with van der Waals surface area (Å²) in [4.78, 5) is 9.20. The first-order valence-electron chi connectivity index (χ1n) is 7.06. The van der Waals surface area contributed by atoms with Crippen molar-refractivity contribution in [3.8, 4) is 0 Å². The Bertz CT molecular complexity index is 359. The van der Waals surface area contributed by atoms with Crippen LogP contribution in [0.1, 0.15) is 30.4 Å². The number of aryl methyl sites for hydroxylation is 1. The van der Waals surface area contributed by atoms with Crippen LogP contribution in [-0.4, -0.2) is 48.0 Å². The third-order valence-corrected chi connectivity index (χ3v) is 3.80. The lowest BCUT2D eigenvalue weighted by molar-refractivity contribution is 0.274. The lowest BCUT2D eigenvalue weighted by Gasteiger charge is -2.20. The Labute approximate surface area is 111 Å². The second-order valence-electron chi connectivity index (χ2n) is 5.44. The molecule has 1 saturated heterocycles. The van der Waals surface area contributed by atoms with Gasteiger partial charge in [0, 0.05) is 18.9 Å². The highest BCUT2D eigenvalue weighted by Crippen LogP contribution is 2.10. The number of aromatic nitrogens is 1. The molecule has 0 N–H and O–H groups in total. The van der Waals surface area contributed by atoms with Crippen LogP contribution in [0.25, 0.3) is 0 Å². The molecule has 100 valence electrons. The minimum atomic E-state index is 1.01. The zero-order chi connectivity index (χ0) is 12.8. The fraction of sp³-hybridized carbons (Fsp3) is 0.667. The van der Waals surface area contributed by atoms with Crippen molar-refractivity contribution < 1.29 is 0 Å².